The van der Waals surface area contributed by atoms with Gasteiger partial charge in [0.1, 0.15) is 0 Å². The molecular formula is C8H13NO2. The van der Waals surface area contributed by atoms with Crippen LogP contribution in [0.1, 0.15) is 13.8 Å². The van der Waals surface area contributed by atoms with Gasteiger partial charge in [-0.25, -0.2) is 0 Å². The summed E-state index contributed by atoms with van der Waals surface area (Å²) in [5.41, 5.74) is 0. The molecule has 0 aliphatic rings. The molecule has 0 radical (unpaired) electrons. The molecule has 0 aromatic rings. The predicted molar refractivity (Wildman–Crippen MR) is 43.0 cm³/mol. The first kappa shape index (κ1) is 9.99. The topological polar surface area (TPSA) is 38.3 Å². The Kier molecular flexibility index (Phi) is 6.45. The summed E-state index contributed by atoms with van der Waals surface area (Å²) < 4.78 is 4.67. The molecule has 0 fully saturated rings. The van der Waals surface area contributed by atoms with Gasteiger partial charge in [-0.15, -0.1) is 5.92 Å². The van der Waals surface area contributed by atoms with Crippen LogP contribution in [-0.4, -0.2) is 25.7 Å². The second-order valence-electron chi connectivity index (χ2n) is 1.84. The van der Waals surface area contributed by atoms with E-state index in [1.807, 2.05) is 0 Å². The number of ether oxygens (including phenoxy) is 1. The fraction of sp³-hybridized carbons (Fsp3) is 0.625. The zero-order chi connectivity index (χ0) is 8.53. The Bertz CT molecular complexity index is 167. The highest BCUT2D eigenvalue weighted by atomic mass is 16.5. The molecule has 3 nitrogen and oxygen atoms in total. The van der Waals surface area contributed by atoms with E-state index in [0.29, 0.717) is 13.2 Å². The third kappa shape index (κ3) is 6.88. The van der Waals surface area contributed by atoms with Crippen LogP contribution in [0.2, 0.25) is 0 Å². The minimum absolute atomic E-state index is 0.231. The van der Waals surface area contributed by atoms with E-state index in [9.17, 15) is 4.79 Å². The van der Waals surface area contributed by atoms with Crippen LogP contribution in [0.3, 0.4) is 0 Å². The average molecular weight is 155 g/mol. The van der Waals surface area contributed by atoms with Crippen molar-refractivity contribution in [1.82, 2.24) is 5.32 Å². The Balaban J connectivity index is 3.22. The van der Waals surface area contributed by atoms with Crippen LogP contribution in [0.15, 0.2) is 0 Å². The first-order chi connectivity index (χ1) is 5.31. The lowest BCUT2D eigenvalue weighted by atomic mass is 10.5. The van der Waals surface area contributed by atoms with E-state index in [1.165, 1.54) is 0 Å². The van der Waals surface area contributed by atoms with Crippen molar-refractivity contribution >= 4 is 5.97 Å². The Labute approximate surface area is 67.1 Å². The maximum atomic E-state index is 10.7. The van der Waals surface area contributed by atoms with Crippen molar-refractivity contribution in [2.24, 2.45) is 0 Å². The van der Waals surface area contributed by atoms with Crippen LogP contribution in [0.4, 0.5) is 0 Å². The van der Waals surface area contributed by atoms with Crippen molar-refractivity contribution in [2.75, 3.05) is 19.7 Å². The molecule has 62 valence electrons. The van der Waals surface area contributed by atoms with Crippen LogP contribution in [0, 0.1) is 11.8 Å². The first-order valence-corrected chi connectivity index (χ1v) is 3.57. The maximum Gasteiger partial charge on any atom is 0.319 e. The summed E-state index contributed by atoms with van der Waals surface area (Å²) >= 11 is 0. The third-order valence-electron chi connectivity index (χ3n) is 0.965. The molecule has 0 amide bonds. The summed E-state index contributed by atoms with van der Waals surface area (Å²) in [5, 5.41) is 2.82. The Morgan fingerprint density at radius 3 is 2.91 bits per heavy atom. The second kappa shape index (κ2) is 7.10. The van der Waals surface area contributed by atoms with Crippen molar-refractivity contribution in [3.8, 4) is 11.8 Å². The van der Waals surface area contributed by atoms with Crippen molar-refractivity contribution < 1.29 is 9.53 Å². The molecule has 0 bridgehead atoms. The quantitative estimate of drug-likeness (QED) is 0.357. The molecule has 11 heavy (non-hydrogen) atoms. The van der Waals surface area contributed by atoms with E-state index in [-0.39, 0.29) is 12.5 Å². The first-order valence-electron chi connectivity index (χ1n) is 3.57. The average Bonchev–Trinajstić information content (AvgIpc) is 1.99. The lowest BCUT2D eigenvalue weighted by Gasteiger charge is -1.99. The number of carbonyl (C=O) groups excluding carboxylic acids is 1. The normalized spacial score (nSPS) is 8.18. The molecule has 0 unspecified atom stereocenters. The highest BCUT2D eigenvalue weighted by Gasteiger charge is 1.97. The van der Waals surface area contributed by atoms with Gasteiger partial charge in [0.15, 0.2) is 0 Å². The highest BCUT2D eigenvalue weighted by molar-refractivity contribution is 5.71. The number of carbonyl (C=O) groups is 1. The van der Waals surface area contributed by atoms with E-state index in [0.717, 1.165) is 0 Å². The summed E-state index contributed by atoms with van der Waals surface area (Å²) in [4.78, 5) is 10.7. The number of hydrogen-bond donors (Lipinski definition) is 1. The summed E-state index contributed by atoms with van der Waals surface area (Å²) in [6.45, 7) is 4.74. The number of esters is 1. The lowest BCUT2D eigenvalue weighted by molar-refractivity contribution is -0.141. The molecule has 0 aromatic carbocycles. The van der Waals surface area contributed by atoms with Gasteiger partial charge in [-0.2, -0.15) is 0 Å². The fourth-order valence-corrected chi connectivity index (χ4v) is 0.527. The second-order valence-corrected chi connectivity index (χ2v) is 1.84. The Hall–Kier alpha value is -1.01. The minimum Gasteiger partial charge on any atom is -0.465 e. The fourth-order valence-electron chi connectivity index (χ4n) is 0.527. The van der Waals surface area contributed by atoms with Gasteiger partial charge in [-0.3, -0.25) is 10.1 Å². The van der Waals surface area contributed by atoms with Crippen molar-refractivity contribution in [2.45, 2.75) is 13.8 Å². The monoisotopic (exact) mass is 155 g/mol. The molecule has 0 rings (SSSR count). The summed E-state index contributed by atoms with van der Waals surface area (Å²) in [7, 11) is 0. The molecule has 0 saturated heterocycles. The van der Waals surface area contributed by atoms with Crippen LogP contribution in [-0.2, 0) is 9.53 Å². The molecule has 0 atom stereocenters. The Morgan fingerprint density at radius 2 is 2.36 bits per heavy atom. The largest absolute Gasteiger partial charge is 0.465 e. The molecule has 0 aliphatic heterocycles. The molecule has 3 heteroatoms. The van der Waals surface area contributed by atoms with Gasteiger partial charge in [0.05, 0.1) is 19.7 Å². The van der Waals surface area contributed by atoms with E-state index in [1.54, 1.807) is 13.8 Å². The SMILES string of the molecule is CC#CCNCC(=O)OCC. The standard InChI is InChI=1S/C8H13NO2/c1-3-5-6-9-7-8(10)11-4-2/h9H,4,6-7H2,1-2H3. The highest BCUT2D eigenvalue weighted by Crippen LogP contribution is 1.73. The van der Waals surface area contributed by atoms with Crippen molar-refractivity contribution in [1.29, 1.82) is 0 Å². The molecule has 0 aromatic heterocycles. The van der Waals surface area contributed by atoms with Gasteiger partial charge < -0.3 is 4.74 Å². The number of nitrogens with one attached hydrogen (secondary N) is 1. The van der Waals surface area contributed by atoms with Crippen LogP contribution in [0.25, 0.3) is 0 Å². The molecule has 0 spiro atoms. The summed E-state index contributed by atoms with van der Waals surface area (Å²) in [5.74, 6) is 5.25. The summed E-state index contributed by atoms with van der Waals surface area (Å²) in [6.07, 6.45) is 0. The number of hydrogen-bond acceptors (Lipinski definition) is 3. The van der Waals surface area contributed by atoms with Crippen LogP contribution < -0.4 is 5.32 Å². The molecule has 1 N–H and O–H groups in total. The van der Waals surface area contributed by atoms with Gasteiger partial charge in [0, 0.05) is 0 Å². The van der Waals surface area contributed by atoms with Crippen LogP contribution in [0.5, 0.6) is 0 Å². The van der Waals surface area contributed by atoms with Crippen LogP contribution >= 0.6 is 0 Å². The third-order valence-corrected chi connectivity index (χ3v) is 0.965. The zero-order valence-electron chi connectivity index (χ0n) is 6.94. The maximum absolute atomic E-state index is 10.7. The minimum atomic E-state index is -0.231. The van der Waals surface area contributed by atoms with Gasteiger partial charge in [0.25, 0.3) is 0 Å². The van der Waals surface area contributed by atoms with Gasteiger partial charge in [-0.1, -0.05) is 5.92 Å². The zero-order valence-corrected chi connectivity index (χ0v) is 6.94. The number of rotatable bonds is 4. The molecule has 0 saturated carbocycles. The lowest BCUT2D eigenvalue weighted by Crippen LogP contribution is -2.24. The van der Waals surface area contributed by atoms with E-state index < -0.39 is 0 Å². The van der Waals surface area contributed by atoms with Crippen molar-refractivity contribution in [3.63, 3.8) is 0 Å². The summed E-state index contributed by atoms with van der Waals surface area (Å²) in [6, 6.07) is 0. The van der Waals surface area contributed by atoms with E-state index in [4.69, 9.17) is 0 Å². The van der Waals surface area contributed by atoms with E-state index >= 15 is 0 Å². The van der Waals surface area contributed by atoms with Gasteiger partial charge in [-0.05, 0) is 13.8 Å². The predicted octanol–water partition coefficient (Wildman–Crippen LogP) is 0.162. The molecular weight excluding hydrogens is 142 g/mol. The van der Waals surface area contributed by atoms with Gasteiger partial charge in [0.2, 0.25) is 0 Å². The smallest absolute Gasteiger partial charge is 0.319 e. The Morgan fingerprint density at radius 1 is 1.64 bits per heavy atom. The van der Waals surface area contributed by atoms with Gasteiger partial charge >= 0.3 is 5.97 Å². The molecule has 0 heterocycles. The van der Waals surface area contributed by atoms with E-state index in [2.05, 4.69) is 21.9 Å². The molecule has 0 aliphatic carbocycles. The van der Waals surface area contributed by atoms with Crippen molar-refractivity contribution in [3.05, 3.63) is 0 Å².